The van der Waals surface area contributed by atoms with Gasteiger partial charge in [-0.25, -0.2) is 0 Å². The van der Waals surface area contributed by atoms with E-state index in [1.807, 2.05) is 0 Å². The Kier molecular flexibility index (Phi) is 3.02. The maximum Gasteiger partial charge on any atom is 0.0550 e. The highest BCUT2D eigenvalue weighted by molar-refractivity contribution is 5.85. The van der Waals surface area contributed by atoms with Crippen molar-refractivity contribution in [3.63, 3.8) is 0 Å². The van der Waals surface area contributed by atoms with E-state index in [1.165, 1.54) is 25.7 Å². The molecular weight excluding hydrogens is 174 g/mol. The molecule has 2 aliphatic rings. The number of hydrogen-bond donors (Lipinski definition) is 2. The van der Waals surface area contributed by atoms with Crippen LogP contribution in [0.25, 0.3) is 0 Å². The van der Waals surface area contributed by atoms with Gasteiger partial charge in [0.1, 0.15) is 0 Å². The number of nitrogens with two attached hydrogens (primary N) is 1. The van der Waals surface area contributed by atoms with Crippen molar-refractivity contribution in [2.45, 2.75) is 50.7 Å². The summed E-state index contributed by atoms with van der Waals surface area (Å²) in [6.07, 6.45) is 6.94. The standard InChI is InChI=1S/C9H17NO.ClH/c10-7-1-3-9(4-2-7)5-8(11)6-9;/h7-8,11H,1-6,10H2;1H. The monoisotopic (exact) mass is 191 g/mol. The molecular formula is C9H18ClNO. The number of aliphatic hydroxyl groups is 1. The van der Waals surface area contributed by atoms with Gasteiger partial charge in [0.25, 0.3) is 0 Å². The molecule has 0 saturated heterocycles. The molecule has 0 aliphatic heterocycles. The van der Waals surface area contributed by atoms with Crippen LogP contribution in [0, 0.1) is 5.41 Å². The Bertz CT molecular complexity index is 147. The highest BCUT2D eigenvalue weighted by Crippen LogP contribution is 2.51. The van der Waals surface area contributed by atoms with Crippen LogP contribution in [0.4, 0.5) is 0 Å². The van der Waals surface area contributed by atoms with Crippen molar-refractivity contribution >= 4 is 12.4 Å². The molecule has 0 radical (unpaired) electrons. The van der Waals surface area contributed by atoms with Gasteiger partial charge < -0.3 is 10.8 Å². The maximum atomic E-state index is 9.20. The third-order valence-electron chi connectivity index (χ3n) is 3.43. The quantitative estimate of drug-likeness (QED) is 0.609. The Morgan fingerprint density at radius 1 is 1.17 bits per heavy atom. The van der Waals surface area contributed by atoms with Gasteiger partial charge in [-0.2, -0.15) is 0 Å². The van der Waals surface area contributed by atoms with E-state index in [-0.39, 0.29) is 18.5 Å². The second-order valence-corrected chi connectivity index (χ2v) is 4.40. The number of rotatable bonds is 0. The fourth-order valence-electron chi connectivity index (χ4n) is 2.60. The van der Waals surface area contributed by atoms with Crippen LogP contribution < -0.4 is 5.73 Å². The summed E-state index contributed by atoms with van der Waals surface area (Å²) in [5, 5.41) is 9.20. The summed E-state index contributed by atoms with van der Waals surface area (Å²) in [4.78, 5) is 0. The molecule has 0 aromatic heterocycles. The second-order valence-electron chi connectivity index (χ2n) is 4.40. The molecule has 0 aromatic rings. The zero-order valence-electron chi connectivity index (χ0n) is 7.33. The molecule has 0 unspecified atom stereocenters. The van der Waals surface area contributed by atoms with Crippen LogP contribution in [0.1, 0.15) is 38.5 Å². The summed E-state index contributed by atoms with van der Waals surface area (Å²) in [6.45, 7) is 0. The summed E-state index contributed by atoms with van der Waals surface area (Å²) in [5.74, 6) is 0. The molecule has 0 amide bonds. The van der Waals surface area contributed by atoms with Crippen LogP contribution in [0.5, 0.6) is 0 Å². The average molecular weight is 192 g/mol. The molecule has 0 bridgehead atoms. The lowest BCUT2D eigenvalue weighted by molar-refractivity contribution is -0.0563. The van der Waals surface area contributed by atoms with E-state index in [4.69, 9.17) is 5.73 Å². The van der Waals surface area contributed by atoms with Gasteiger partial charge >= 0.3 is 0 Å². The molecule has 2 nitrogen and oxygen atoms in total. The lowest BCUT2D eigenvalue weighted by Crippen LogP contribution is -2.45. The highest BCUT2D eigenvalue weighted by atomic mass is 35.5. The van der Waals surface area contributed by atoms with Crippen LogP contribution in [0.15, 0.2) is 0 Å². The topological polar surface area (TPSA) is 46.2 Å². The smallest absolute Gasteiger partial charge is 0.0550 e. The van der Waals surface area contributed by atoms with E-state index in [9.17, 15) is 5.11 Å². The van der Waals surface area contributed by atoms with Crippen molar-refractivity contribution in [3.8, 4) is 0 Å². The molecule has 2 saturated carbocycles. The third kappa shape index (κ3) is 1.76. The zero-order chi connectivity index (χ0) is 7.90. The number of halogens is 1. The summed E-state index contributed by atoms with van der Waals surface area (Å²) >= 11 is 0. The van der Waals surface area contributed by atoms with Gasteiger partial charge in [0.2, 0.25) is 0 Å². The van der Waals surface area contributed by atoms with E-state index in [0.717, 1.165) is 12.8 Å². The fraction of sp³-hybridized carbons (Fsp3) is 1.00. The zero-order valence-corrected chi connectivity index (χ0v) is 8.15. The first-order valence-corrected chi connectivity index (χ1v) is 4.64. The molecule has 2 rings (SSSR count). The largest absolute Gasteiger partial charge is 0.393 e. The minimum absolute atomic E-state index is 0. The normalized spacial score (nSPS) is 46.5. The lowest BCUT2D eigenvalue weighted by atomic mass is 9.59. The SMILES string of the molecule is Cl.NC1CCC2(CC1)CC(O)C2. The Morgan fingerprint density at radius 3 is 2.08 bits per heavy atom. The van der Waals surface area contributed by atoms with E-state index >= 15 is 0 Å². The molecule has 0 atom stereocenters. The second kappa shape index (κ2) is 3.52. The highest BCUT2D eigenvalue weighted by Gasteiger charge is 2.44. The van der Waals surface area contributed by atoms with Crippen LogP contribution in [0.3, 0.4) is 0 Å². The van der Waals surface area contributed by atoms with E-state index in [1.54, 1.807) is 0 Å². The van der Waals surface area contributed by atoms with Crippen LogP contribution in [0.2, 0.25) is 0 Å². The Balaban J connectivity index is 0.000000720. The summed E-state index contributed by atoms with van der Waals surface area (Å²) in [5.41, 5.74) is 6.33. The first-order valence-electron chi connectivity index (χ1n) is 4.64. The van der Waals surface area contributed by atoms with Crippen molar-refractivity contribution in [1.29, 1.82) is 0 Å². The van der Waals surface area contributed by atoms with Crippen LogP contribution in [-0.2, 0) is 0 Å². The molecule has 1 spiro atoms. The van der Waals surface area contributed by atoms with Crippen molar-refractivity contribution in [1.82, 2.24) is 0 Å². The molecule has 72 valence electrons. The maximum absolute atomic E-state index is 9.20. The summed E-state index contributed by atoms with van der Waals surface area (Å²) in [7, 11) is 0. The Morgan fingerprint density at radius 2 is 1.67 bits per heavy atom. The first-order chi connectivity index (χ1) is 5.20. The van der Waals surface area contributed by atoms with Gasteiger partial charge in [0, 0.05) is 6.04 Å². The van der Waals surface area contributed by atoms with E-state index in [2.05, 4.69) is 0 Å². The van der Waals surface area contributed by atoms with Crippen LogP contribution in [-0.4, -0.2) is 17.3 Å². The lowest BCUT2D eigenvalue weighted by Gasteiger charge is -2.49. The molecule has 2 fully saturated rings. The average Bonchev–Trinajstić information content (AvgIpc) is 1.92. The minimum Gasteiger partial charge on any atom is -0.393 e. The molecule has 12 heavy (non-hydrogen) atoms. The summed E-state index contributed by atoms with van der Waals surface area (Å²) in [6, 6.07) is 0.443. The van der Waals surface area contributed by atoms with Crippen molar-refractivity contribution < 1.29 is 5.11 Å². The molecule has 3 N–H and O–H groups in total. The fourth-order valence-corrected chi connectivity index (χ4v) is 2.60. The number of hydrogen-bond acceptors (Lipinski definition) is 2. The van der Waals surface area contributed by atoms with E-state index in [0.29, 0.717) is 11.5 Å². The summed E-state index contributed by atoms with van der Waals surface area (Å²) < 4.78 is 0. The predicted molar refractivity (Wildman–Crippen MR) is 51.4 cm³/mol. The Labute approximate surface area is 79.9 Å². The van der Waals surface area contributed by atoms with Crippen LogP contribution >= 0.6 is 12.4 Å². The molecule has 3 heteroatoms. The molecule has 2 aliphatic carbocycles. The minimum atomic E-state index is 0. The van der Waals surface area contributed by atoms with Crippen molar-refractivity contribution in [2.75, 3.05) is 0 Å². The molecule has 0 heterocycles. The van der Waals surface area contributed by atoms with Crippen molar-refractivity contribution in [3.05, 3.63) is 0 Å². The van der Waals surface area contributed by atoms with Gasteiger partial charge in [-0.1, -0.05) is 0 Å². The van der Waals surface area contributed by atoms with Gasteiger partial charge in [0.05, 0.1) is 6.10 Å². The first kappa shape index (κ1) is 10.3. The van der Waals surface area contributed by atoms with Gasteiger partial charge in [-0.15, -0.1) is 12.4 Å². The third-order valence-corrected chi connectivity index (χ3v) is 3.43. The Hall–Kier alpha value is 0.210. The van der Waals surface area contributed by atoms with Gasteiger partial charge in [-0.3, -0.25) is 0 Å². The van der Waals surface area contributed by atoms with Gasteiger partial charge in [-0.05, 0) is 43.9 Å². The number of aliphatic hydroxyl groups excluding tert-OH is 1. The molecule has 0 aromatic carbocycles. The van der Waals surface area contributed by atoms with Crippen molar-refractivity contribution in [2.24, 2.45) is 11.1 Å². The predicted octanol–water partition coefficient (Wildman–Crippen LogP) is 1.45. The van der Waals surface area contributed by atoms with E-state index < -0.39 is 0 Å². The van der Waals surface area contributed by atoms with Gasteiger partial charge in [0.15, 0.2) is 0 Å².